The molecule has 0 aliphatic carbocycles. The molecule has 2 aromatic rings. The van der Waals surface area contributed by atoms with Gasteiger partial charge in [-0.15, -0.1) is 0 Å². The van der Waals surface area contributed by atoms with Gasteiger partial charge in [-0.3, -0.25) is 9.69 Å². The van der Waals surface area contributed by atoms with Gasteiger partial charge in [0.15, 0.2) is 11.5 Å². The Bertz CT molecular complexity index is 823. The molecular weight excluding hydrogens is 370 g/mol. The van der Waals surface area contributed by atoms with Crippen molar-refractivity contribution in [3.05, 3.63) is 59.2 Å². The number of hydrogen-bond acceptors (Lipinski definition) is 6. The third-order valence-corrected chi connectivity index (χ3v) is 4.86. The minimum Gasteiger partial charge on any atom is -0.463 e. The Balaban J connectivity index is 1.67. The van der Waals surface area contributed by atoms with Crippen LogP contribution in [0.25, 0.3) is 0 Å². The molecule has 1 atom stereocenters. The Hall–Kier alpha value is -2.57. The van der Waals surface area contributed by atoms with Crippen molar-refractivity contribution in [1.82, 2.24) is 4.90 Å². The number of aliphatic hydroxyl groups is 1. The number of fused-ring (bicyclic) bond motifs is 1. The largest absolute Gasteiger partial charge is 0.463 e. The SMILES string of the molecule is CCCC(=O)OCC(O)CN(Cc1ccc2c(c1)OCO2)Cc1ccccc1C. The van der Waals surface area contributed by atoms with Gasteiger partial charge < -0.3 is 19.3 Å². The second-order valence-electron chi connectivity index (χ2n) is 7.37. The molecule has 0 saturated heterocycles. The van der Waals surface area contributed by atoms with Crippen LogP contribution in [-0.4, -0.2) is 42.0 Å². The Morgan fingerprint density at radius 3 is 2.76 bits per heavy atom. The van der Waals surface area contributed by atoms with E-state index in [9.17, 15) is 9.90 Å². The van der Waals surface area contributed by atoms with Gasteiger partial charge in [0.1, 0.15) is 12.7 Å². The highest BCUT2D eigenvalue weighted by atomic mass is 16.7. The maximum Gasteiger partial charge on any atom is 0.305 e. The molecule has 29 heavy (non-hydrogen) atoms. The second-order valence-corrected chi connectivity index (χ2v) is 7.37. The average molecular weight is 399 g/mol. The first-order valence-corrected chi connectivity index (χ1v) is 10.0. The summed E-state index contributed by atoms with van der Waals surface area (Å²) in [6.45, 7) is 5.95. The molecule has 1 aliphatic rings. The number of benzene rings is 2. The van der Waals surface area contributed by atoms with Gasteiger partial charge in [0.2, 0.25) is 6.79 Å². The number of carbonyl (C=O) groups excluding carboxylic acids is 1. The molecule has 1 aliphatic heterocycles. The van der Waals surface area contributed by atoms with Crippen LogP contribution in [0.3, 0.4) is 0 Å². The zero-order valence-electron chi connectivity index (χ0n) is 17.1. The van der Waals surface area contributed by atoms with E-state index in [0.29, 0.717) is 26.1 Å². The lowest BCUT2D eigenvalue weighted by atomic mass is 10.1. The fraction of sp³-hybridized carbons (Fsp3) is 0.435. The normalized spacial score (nSPS) is 13.5. The zero-order valence-corrected chi connectivity index (χ0v) is 17.1. The van der Waals surface area contributed by atoms with Gasteiger partial charge in [0, 0.05) is 26.1 Å². The number of aliphatic hydroxyl groups excluding tert-OH is 1. The van der Waals surface area contributed by atoms with Crippen molar-refractivity contribution in [2.24, 2.45) is 0 Å². The second kappa shape index (κ2) is 10.3. The summed E-state index contributed by atoms with van der Waals surface area (Å²) in [6.07, 6.45) is 0.351. The molecule has 0 spiro atoms. The quantitative estimate of drug-likeness (QED) is 0.618. The number of ether oxygens (including phenoxy) is 3. The molecular formula is C23H29NO5. The summed E-state index contributed by atoms with van der Waals surface area (Å²) in [5.41, 5.74) is 3.47. The smallest absolute Gasteiger partial charge is 0.305 e. The molecule has 1 heterocycles. The van der Waals surface area contributed by atoms with Gasteiger partial charge in [-0.1, -0.05) is 37.3 Å². The highest BCUT2D eigenvalue weighted by molar-refractivity contribution is 5.69. The summed E-state index contributed by atoms with van der Waals surface area (Å²) in [7, 11) is 0. The lowest BCUT2D eigenvalue weighted by Gasteiger charge is -2.26. The van der Waals surface area contributed by atoms with Gasteiger partial charge in [0.25, 0.3) is 0 Å². The molecule has 0 radical (unpaired) electrons. The van der Waals surface area contributed by atoms with Gasteiger partial charge in [-0.2, -0.15) is 0 Å². The van der Waals surface area contributed by atoms with Crippen molar-refractivity contribution in [3.8, 4) is 11.5 Å². The number of carbonyl (C=O) groups is 1. The number of aryl methyl sites for hydroxylation is 1. The number of rotatable bonds is 10. The van der Waals surface area contributed by atoms with E-state index in [1.165, 1.54) is 11.1 Å². The minimum absolute atomic E-state index is 0.00421. The van der Waals surface area contributed by atoms with E-state index in [2.05, 4.69) is 24.0 Å². The van der Waals surface area contributed by atoms with Crippen LogP contribution in [-0.2, 0) is 22.6 Å². The summed E-state index contributed by atoms with van der Waals surface area (Å²) in [5.74, 6) is 1.22. The third kappa shape index (κ3) is 6.21. The van der Waals surface area contributed by atoms with Crippen LogP contribution in [0, 0.1) is 6.92 Å². The monoisotopic (exact) mass is 399 g/mol. The van der Waals surface area contributed by atoms with Gasteiger partial charge in [0.05, 0.1) is 0 Å². The summed E-state index contributed by atoms with van der Waals surface area (Å²) in [6, 6.07) is 14.1. The molecule has 1 unspecified atom stereocenters. The van der Waals surface area contributed by atoms with Crippen LogP contribution < -0.4 is 9.47 Å². The Morgan fingerprint density at radius 2 is 1.97 bits per heavy atom. The fourth-order valence-electron chi connectivity index (χ4n) is 3.33. The molecule has 6 nitrogen and oxygen atoms in total. The van der Waals surface area contributed by atoms with E-state index in [0.717, 1.165) is 23.5 Å². The molecule has 3 rings (SSSR count). The van der Waals surface area contributed by atoms with Crippen LogP contribution >= 0.6 is 0 Å². The van der Waals surface area contributed by atoms with Crippen molar-refractivity contribution in [2.75, 3.05) is 19.9 Å². The lowest BCUT2D eigenvalue weighted by Crippen LogP contribution is -2.35. The first-order valence-electron chi connectivity index (χ1n) is 10.0. The lowest BCUT2D eigenvalue weighted by molar-refractivity contribution is -0.147. The van der Waals surface area contributed by atoms with E-state index in [4.69, 9.17) is 14.2 Å². The Labute approximate surface area is 172 Å². The molecule has 2 aromatic carbocycles. The Kier molecular flexibility index (Phi) is 7.49. The molecule has 0 amide bonds. The van der Waals surface area contributed by atoms with Crippen LogP contribution in [0.2, 0.25) is 0 Å². The van der Waals surface area contributed by atoms with Crippen molar-refractivity contribution >= 4 is 5.97 Å². The molecule has 6 heteroatoms. The van der Waals surface area contributed by atoms with Crippen LogP contribution in [0.15, 0.2) is 42.5 Å². The minimum atomic E-state index is -0.756. The maximum atomic E-state index is 11.6. The molecule has 0 bridgehead atoms. The maximum absolute atomic E-state index is 11.6. The van der Waals surface area contributed by atoms with Crippen molar-refractivity contribution in [1.29, 1.82) is 0 Å². The van der Waals surface area contributed by atoms with Crippen LogP contribution in [0.1, 0.15) is 36.5 Å². The standard InChI is InChI=1S/C23H29NO5/c1-3-6-23(26)27-15-20(25)14-24(13-19-8-5-4-7-17(19)2)12-18-9-10-21-22(11-18)29-16-28-21/h4-5,7-11,20,25H,3,6,12-16H2,1-2H3. The van der Waals surface area contributed by atoms with Gasteiger partial charge in [-0.05, 0) is 42.2 Å². The van der Waals surface area contributed by atoms with E-state index in [-0.39, 0.29) is 19.4 Å². The predicted octanol–water partition coefficient (Wildman–Crippen LogP) is 3.43. The average Bonchev–Trinajstić information content (AvgIpc) is 3.16. The molecule has 1 N–H and O–H groups in total. The third-order valence-electron chi connectivity index (χ3n) is 4.86. The molecule has 0 aromatic heterocycles. The van der Waals surface area contributed by atoms with Gasteiger partial charge >= 0.3 is 5.97 Å². The number of hydrogen-bond donors (Lipinski definition) is 1. The van der Waals surface area contributed by atoms with E-state index < -0.39 is 6.10 Å². The fourth-order valence-corrected chi connectivity index (χ4v) is 3.33. The first kappa shape index (κ1) is 21.1. The number of nitrogens with zero attached hydrogens (tertiary/aromatic N) is 1. The molecule has 0 fully saturated rings. The van der Waals surface area contributed by atoms with E-state index >= 15 is 0 Å². The summed E-state index contributed by atoms with van der Waals surface area (Å²) in [4.78, 5) is 13.7. The Morgan fingerprint density at radius 1 is 1.17 bits per heavy atom. The zero-order chi connectivity index (χ0) is 20.6. The predicted molar refractivity (Wildman–Crippen MR) is 110 cm³/mol. The van der Waals surface area contributed by atoms with Crippen LogP contribution in [0.5, 0.6) is 11.5 Å². The van der Waals surface area contributed by atoms with Crippen molar-refractivity contribution < 1.29 is 24.1 Å². The van der Waals surface area contributed by atoms with E-state index in [1.807, 2.05) is 37.3 Å². The van der Waals surface area contributed by atoms with Gasteiger partial charge in [-0.25, -0.2) is 0 Å². The highest BCUT2D eigenvalue weighted by Crippen LogP contribution is 2.33. The summed E-state index contributed by atoms with van der Waals surface area (Å²) >= 11 is 0. The van der Waals surface area contributed by atoms with Crippen LogP contribution in [0.4, 0.5) is 0 Å². The molecule has 156 valence electrons. The topological polar surface area (TPSA) is 68.2 Å². The summed E-state index contributed by atoms with van der Waals surface area (Å²) < 4.78 is 16.0. The first-order chi connectivity index (χ1) is 14.0. The van der Waals surface area contributed by atoms with E-state index in [1.54, 1.807) is 0 Å². The number of esters is 1. The van der Waals surface area contributed by atoms with Crippen molar-refractivity contribution in [3.63, 3.8) is 0 Å². The van der Waals surface area contributed by atoms with Crippen molar-refractivity contribution in [2.45, 2.75) is 45.9 Å². The summed E-state index contributed by atoms with van der Waals surface area (Å²) in [5, 5.41) is 10.5. The molecule has 0 saturated carbocycles. The highest BCUT2D eigenvalue weighted by Gasteiger charge is 2.18.